The van der Waals surface area contributed by atoms with Gasteiger partial charge in [-0.15, -0.1) is 0 Å². The van der Waals surface area contributed by atoms with Crippen molar-refractivity contribution in [2.24, 2.45) is 0 Å². The van der Waals surface area contributed by atoms with Crippen molar-refractivity contribution in [3.05, 3.63) is 31.9 Å². The van der Waals surface area contributed by atoms with E-state index in [1.165, 1.54) is 0 Å². The average Bonchev–Trinajstić information content (AvgIpc) is 2.34. The molecule has 0 unspecified atom stereocenters. The number of hydrogen-bond acceptors (Lipinski definition) is 4. The van der Waals surface area contributed by atoms with Crippen molar-refractivity contribution >= 4 is 34.0 Å². The minimum atomic E-state index is -0.360. The van der Waals surface area contributed by atoms with Crippen LogP contribution in [-0.2, 0) is 0 Å². The number of hydrogen-bond donors (Lipinski definition) is 1. The van der Waals surface area contributed by atoms with Crippen molar-refractivity contribution in [2.75, 3.05) is 25.5 Å². The molecule has 1 saturated heterocycles. The van der Waals surface area contributed by atoms with Gasteiger partial charge in [-0.3, -0.25) is 10.1 Å². The number of piperidine rings is 1. The molecule has 1 heterocycles. The van der Waals surface area contributed by atoms with Crippen LogP contribution in [0, 0.1) is 13.7 Å². The van der Waals surface area contributed by atoms with Crippen LogP contribution in [0.4, 0.5) is 11.4 Å². The Balaban J connectivity index is 2.03. The second-order valence-corrected chi connectivity index (χ2v) is 5.81. The third-order valence-corrected chi connectivity index (χ3v) is 4.13. The van der Waals surface area contributed by atoms with E-state index >= 15 is 0 Å². The summed E-state index contributed by atoms with van der Waals surface area (Å²) in [6, 6.07) is 5.44. The van der Waals surface area contributed by atoms with Crippen LogP contribution in [0.3, 0.4) is 0 Å². The van der Waals surface area contributed by atoms with E-state index in [9.17, 15) is 10.1 Å². The zero-order chi connectivity index (χ0) is 13.1. The maximum atomic E-state index is 10.7. The molecule has 0 bridgehead atoms. The first-order valence-corrected chi connectivity index (χ1v) is 7.03. The minimum Gasteiger partial charge on any atom is -0.381 e. The third kappa shape index (κ3) is 3.32. The van der Waals surface area contributed by atoms with Gasteiger partial charge < -0.3 is 10.2 Å². The molecule has 1 fully saturated rings. The van der Waals surface area contributed by atoms with Crippen LogP contribution in [0.15, 0.2) is 18.2 Å². The predicted molar refractivity (Wildman–Crippen MR) is 80.0 cm³/mol. The molecule has 5 nitrogen and oxygen atoms in total. The van der Waals surface area contributed by atoms with Gasteiger partial charge >= 0.3 is 0 Å². The van der Waals surface area contributed by atoms with Gasteiger partial charge in [-0.2, -0.15) is 0 Å². The third-order valence-electron chi connectivity index (χ3n) is 3.24. The first kappa shape index (κ1) is 13.5. The Morgan fingerprint density at radius 2 is 2.11 bits per heavy atom. The molecular formula is C12H16IN3O2. The zero-order valence-corrected chi connectivity index (χ0v) is 12.4. The molecule has 1 aliphatic heterocycles. The lowest BCUT2D eigenvalue weighted by Crippen LogP contribution is -2.36. The van der Waals surface area contributed by atoms with Crippen molar-refractivity contribution < 1.29 is 4.92 Å². The number of likely N-dealkylation sites (tertiary alicyclic amines) is 1. The zero-order valence-electron chi connectivity index (χ0n) is 10.2. The van der Waals surface area contributed by atoms with Gasteiger partial charge in [0.1, 0.15) is 0 Å². The largest absolute Gasteiger partial charge is 0.381 e. The Morgan fingerprint density at radius 3 is 2.67 bits per heavy atom. The standard InChI is InChI=1S/C12H16IN3O2/c1-15-6-4-9(5-7-15)14-12-3-2-10(16(17)18)8-11(12)13/h2-3,8-9,14H,4-7H2,1H3. The molecule has 1 aromatic carbocycles. The van der Waals surface area contributed by atoms with Gasteiger partial charge in [-0.1, -0.05) is 0 Å². The highest BCUT2D eigenvalue weighted by atomic mass is 127. The topological polar surface area (TPSA) is 58.4 Å². The second kappa shape index (κ2) is 5.83. The van der Waals surface area contributed by atoms with Gasteiger partial charge in [0.25, 0.3) is 5.69 Å². The summed E-state index contributed by atoms with van der Waals surface area (Å²) in [6.07, 6.45) is 2.23. The Morgan fingerprint density at radius 1 is 1.44 bits per heavy atom. The van der Waals surface area contributed by atoms with Crippen LogP contribution in [0.2, 0.25) is 0 Å². The van der Waals surface area contributed by atoms with E-state index in [2.05, 4.69) is 39.9 Å². The van der Waals surface area contributed by atoms with E-state index in [-0.39, 0.29) is 10.6 Å². The summed E-state index contributed by atoms with van der Waals surface area (Å²) in [5.41, 5.74) is 1.14. The van der Waals surface area contributed by atoms with E-state index in [1.54, 1.807) is 18.2 Å². The SMILES string of the molecule is CN1CCC(Nc2ccc([N+](=O)[O-])cc2I)CC1. The lowest BCUT2D eigenvalue weighted by atomic mass is 10.1. The lowest BCUT2D eigenvalue weighted by Gasteiger charge is -2.30. The van der Waals surface area contributed by atoms with Crippen molar-refractivity contribution in [2.45, 2.75) is 18.9 Å². The summed E-state index contributed by atoms with van der Waals surface area (Å²) in [5.74, 6) is 0. The summed E-state index contributed by atoms with van der Waals surface area (Å²) in [5, 5.41) is 14.1. The number of nitrogens with one attached hydrogen (secondary N) is 1. The van der Waals surface area contributed by atoms with Crippen molar-refractivity contribution in [1.29, 1.82) is 0 Å². The Hall–Kier alpha value is -0.890. The smallest absolute Gasteiger partial charge is 0.270 e. The predicted octanol–water partition coefficient (Wildman–Crippen LogP) is 2.71. The molecule has 0 aromatic heterocycles. The Kier molecular flexibility index (Phi) is 4.39. The molecule has 0 amide bonds. The fourth-order valence-corrected chi connectivity index (χ4v) is 2.76. The highest BCUT2D eigenvalue weighted by Crippen LogP contribution is 2.25. The average molecular weight is 361 g/mol. The number of nitro groups is 1. The number of benzene rings is 1. The van der Waals surface area contributed by atoms with Crippen molar-refractivity contribution in [1.82, 2.24) is 4.90 Å². The molecule has 0 radical (unpaired) electrons. The molecule has 98 valence electrons. The number of nitro benzene ring substituents is 1. The Bertz CT molecular complexity index is 445. The molecule has 1 aliphatic rings. The molecule has 0 aliphatic carbocycles. The first-order valence-electron chi connectivity index (χ1n) is 5.95. The summed E-state index contributed by atoms with van der Waals surface area (Å²) in [6.45, 7) is 2.20. The lowest BCUT2D eigenvalue weighted by molar-refractivity contribution is -0.384. The summed E-state index contributed by atoms with van der Waals surface area (Å²) in [4.78, 5) is 12.6. The van der Waals surface area contributed by atoms with Gasteiger partial charge in [-0.05, 0) is 61.6 Å². The van der Waals surface area contributed by atoms with Crippen LogP contribution in [-0.4, -0.2) is 36.0 Å². The van der Waals surface area contributed by atoms with Gasteiger partial charge in [0.2, 0.25) is 0 Å². The minimum absolute atomic E-state index is 0.147. The van der Waals surface area contributed by atoms with Crippen molar-refractivity contribution in [3.8, 4) is 0 Å². The molecule has 0 atom stereocenters. The van der Waals surface area contributed by atoms with E-state index in [1.807, 2.05) is 0 Å². The normalized spacial score (nSPS) is 17.7. The van der Waals surface area contributed by atoms with Crippen LogP contribution < -0.4 is 5.32 Å². The monoisotopic (exact) mass is 361 g/mol. The maximum absolute atomic E-state index is 10.7. The maximum Gasteiger partial charge on any atom is 0.270 e. The molecule has 1 aromatic rings. The summed E-state index contributed by atoms with van der Waals surface area (Å²) < 4.78 is 0.903. The summed E-state index contributed by atoms with van der Waals surface area (Å²) >= 11 is 2.14. The number of non-ortho nitro benzene ring substituents is 1. The number of anilines is 1. The van der Waals surface area contributed by atoms with E-state index in [0.29, 0.717) is 6.04 Å². The highest BCUT2D eigenvalue weighted by Gasteiger charge is 2.17. The van der Waals surface area contributed by atoms with Gasteiger partial charge in [0, 0.05) is 27.4 Å². The molecule has 0 spiro atoms. The van der Waals surface area contributed by atoms with Gasteiger partial charge in [0.15, 0.2) is 0 Å². The Labute approximate surface area is 120 Å². The highest BCUT2D eigenvalue weighted by molar-refractivity contribution is 14.1. The van der Waals surface area contributed by atoms with Gasteiger partial charge in [-0.25, -0.2) is 0 Å². The van der Waals surface area contributed by atoms with E-state index in [0.717, 1.165) is 35.2 Å². The van der Waals surface area contributed by atoms with Crippen LogP contribution in [0.5, 0.6) is 0 Å². The number of halogens is 1. The number of nitrogens with zero attached hydrogens (tertiary/aromatic N) is 2. The van der Waals surface area contributed by atoms with Crippen LogP contribution in [0.25, 0.3) is 0 Å². The summed E-state index contributed by atoms with van der Waals surface area (Å²) in [7, 11) is 2.13. The molecular weight excluding hydrogens is 345 g/mol. The van der Waals surface area contributed by atoms with Gasteiger partial charge in [0.05, 0.1) is 4.92 Å². The first-order chi connectivity index (χ1) is 8.56. The molecule has 6 heteroatoms. The van der Waals surface area contributed by atoms with Crippen LogP contribution >= 0.6 is 22.6 Å². The molecule has 2 rings (SSSR count). The fourth-order valence-electron chi connectivity index (χ4n) is 2.11. The fraction of sp³-hybridized carbons (Fsp3) is 0.500. The molecule has 0 saturated carbocycles. The van der Waals surface area contributed by atoms with E-state index < -0.39 is 0 Å². The quantitative estimate of drug-likeness (QED) is 0.511. The van der Waals surface area contributed by atoms with E-state index in [4.69, 9.17) is 0 Å². The second-order valence-electron chi connectivity index (χ2n) is 4.64. The molecule has 1 N–H and O–H groups in total. The molecule has 18 heavy (non-hydrogen) atoms. The number of rotatable bonds is 3. The van der Waals surface area contributed by atoms with Crippen molar-refractivity contribution in [3.63, 3.8) is 0 Å². The van der Waals surface area contributed by atoms with Crippen LogP contribution in [0.1, 0.15) is 12.8 Å².